The first-order chi connectivity index (χ1) is 7.45. The van der Waals surface area contributed by atoms with Crippen LogP contribution in [-0.4, -0.2) is 0 Å². The van der Waals surface area contributed by atoms with E-state index in [1.54, 1.807) is 0 Å². The van der Waals surface area contributed by atoms with Crippen LogP contribution in [0.3, 0.4) is 0 Å². The molecule has 0 spiro atoms. The zero-order chi connectivity index (χ0) is 10.3. The van der Waals surface area contributed by atoms with Crippen LogP contribution in [0.15, 0.2) is 60.7 Å². The standard InChI is InChI=1S/C14H15N.CH4/c1-3-7-13(8-4-1)11-15-12-14-9-5-2-6-10-14;/h1-10,15H,11-12H2;1H4. The van der Waals surface area contributed by atoms with Gasteiger partial charge in [0.05, 0.1) is 0 Å². The highest BCUT2D eigenvalue weighted by Gasteiger charge is 1.92. The van der Waals surface area contributed by atoms with Crippen molar-refractivity contribution in [1.82, 2.24) is 5.32 Å². The molecule has 0 unspecified atom stereocenters. The molecule has 0 aromatic heterocycles. The third-order valence-corrected chi connectivity index (χ3v) is 2.34. The van der Waals surface area contributed by atoms with Gasteiger partial charge in [-0.2, -0.15) is 0 Å². The summed E-state index contributed by atoms with van der Waals surface area (Å²) in [5.74, 6) is 0. The van der Waals surface area contributed by atoms with Crippen LogP contribution in [0.2, 0.25) is 0 Å². The lowest BCUT2D eigenvalue weighted by atomic mass is 10.2. The van der Waals surface area contributed by atoms with Crippen molar-refractivity contribution in [2.75, 3.05) is 0 Å². The molecule has 0 aliphatic carbocycles. The highest BCUT2D eigenvalue weighted by Crippen LogP contribution is 2.00. The Kier molecular flexibility index (Phi) is 5.30. The van der Waals surface area contributed by atoms with E-state index in [0.717, 1.165) is 13.1 Å². The second kappa shape index (κ2) is 6.81. The van der Waals surface area contributed by atoms with Gasteiger partial charge in [0, 0.05) is 13.1 Å². The Balaban J connectivity index is 0.00000128. The van der Waals surface area contributed by atoms with E-state index < -0.39 is 0 Å². The predicted molar refractivity (Wildman–Crippen MR) is 70.2 cm³/mol. The lowest BCUT2D eigenvalue weighted by Crippen LogP contribution is -2.12. The minimum atomic E-state index is 0. The normalized spacial score (nSPS) is 9.50. The summed E-state index contributed by atoms with van der Waals surface area (Å²) in [4.78, 5) is 0. The zero-order valence-corrected chi connectivity index (χ0v) is 8.69. The summed E-state index contributed by atoms with van der Waals surface area (Å²) in [6, 6.07) is 20.9. The van der Waals surface area contributed by atoms with Gasteiger partial charge in [-0.05, 0) is 11.1 Å². The van der Waals surface area contributed by atoms with Crippen molar-refractivity contribution in [1.29, 1.82) is 0 Å². The van der Waals surface area contributed by atoms with Gasteiger partial charge in [0.15, 0.2) is 0 Å². The molecule has 2 aromatic rings. The molecular weight excluding hydrogens is 194 g/mol. The summed E-state index contributed by atoms with van der Waals surface area (Å²) in [6.45, 7) is 1.85. The van der Waals surface area contributed by atoms with E-state index in [1.165, 1.54) is 11.1 Å². The third kappa shape index (κ3) is 3.87. The van der Waals surface area contributed by atoms with Crippen molar-refractivity contribution in [3.8, 4) is 0 Å². The van der Waals surface area contributed by atoms with Gasteiger partial charge in [-0.25, -0.2) is 0 Å². The monoisotopic (exact) mass is 213 g/mol. The van der Waals surface area contributed by atoms with E-state index in [0.29, 0.717) is 0 Å². The Morgan fingerprint density at radius 1 is 0.625 bits per heavy atom. The fourth-order valence-electron chi connectivity index (χ4n) is 1.54. The molecule has 0 aliphatic heterocycles. The summed E-state index contributed by atoms with van der Waals surface area (Å²) < 4.78 is 0. The van der Waals surface area contributed by atoms with Crippen LogP contribution in [0.5, 0.6) is 0 Å². The summed E-state index contributed by atoms with van der Waals surface area (Å²) in [6.07, 6.45) is 0. The van der Waals surface area contributed by atoms with Gasteiger partial charge in [0.1, 0.15) is 0 Å². The first kappa shape index (κ1) is 12.5. The van der Waals surface area contributed by atoms with E-state index in [-0.39, 0.29) is 7.43 Å². The largest absolute Gasteiger partial charge is 0.309 e. The predicted octanol–water partition coefficient (Wildman–Crippen LogP) is 3.61. The molecule has 0 aliphatic rings. The molecule has 1 heteroatoms. The topological polar surface area (TPSA) is 12.0 Å². The van der Waals surface area contributed by atoms with Crippen LogP contribution in [0, 0.1) is 0 Å². The number of nitrogens with one attached hydrogen (secondary N) is 1. The zero-order valence-electron chi connectivity index (χ0n) is 8.69. The summed E-state index contributed by atoms with van der Waals surface area (Å²) in [5, 5.41) is 3.42. The van der Waals surface area contributed by atoms with Crippen LogP contribution >= 0.6 is 0 Å². The highest BCUT2D eigenvalue weighted by molar-refractivity contribution is 5.16. The molecule has 0 fully saturated rings. The molecule has 16 heavy (non-hydrogen) atoms. The van der Waals surface area contributed by atoms with Gasteiger partial charge >= 0.3 is 0 Å². The molecule has 0 radical (unpaired) electrons. The fourth-order valence-corrected chi connectivity index (χ4v) is 1.54. The van der Waals surface area contributed by atoms with Crippen LogP contribution in [-0.2, 0) is 13.1 Å². The van der Waals surface area contributed by atoms with E-state index >= 15 is 0 Å². The van der Waals surface area contributed by atoms with Crippen LogP contribution in [0.25, 0.3) is 0 Å². The number of rotatable bonds is 4. The first-order valence-electron chi connectivity index (χ1n) is 5.24. The molecule has 0 atom stereocenters. The lowest BCUT2D eigenvalue weighted by molar-refractivity contribution is 0.693. The Hall–Kier alpha value is -1.60. The number of hydrogen-bond donors (Lipinski definition) is 1. The Bertz CT molecular complexity index is 341. The van der Waals surface area contributed by atoms with Gasteiger partial charge in [-0.3, -0.25) is 0 Å². The molecule has 1 N–H and O–H groups in total. The molecule has 0 saturated carbocycles. The van der Waals surface area contributed by atoms with E-state index in [2.05, 4.69) is 53.8 Å². The average molecular weight is 213 g/mol. The third-order valence-electron chi connectivity index (χ3n) is 2.34. The Labute approximate surface area is 98.1 Å². The van der Waals surface area contributed by atoms with Gasteiger partial charge in [-0.1, -0.05) is 68.1 Å². The lowest BCUT2D eigenvalue weighted by Gasteiger charge is -2.04. The van der Waals surface area contributed by atoms with Crippen molar-refractivity contribution >= 4 is 0 Å². The van der Waals surface area contributed by atoms with Gasteiger partial charge in [0.2, 0.25) is 0 Å². The van der Waals surface area contributed by atoms with Crippen molar-refractivity contribution in [3.63, 3.8) is 0 Å². The van der Waals surface area contributed by atoms with E-state index in [1.807, 2.05) is 12.1 Å². The van der Waals surface area contributed by atoms with Crippen molar-refractivity contribution in [2.24, 2.45) is 0 Å². The second-order valence-corrected chi connectivity index (χ2v) is 3.57. The summed E-state index contributed by atoms with van der Waals surface area (Å²) in [5.41, 5.74) is 2.65. The molecule has 2 aromatic carbocycles. The van der Waals surface area contributed by atoms with Crippen LogP contribution in [0.1, 0.15) is 18.6 Å². The SMILES string of the molecule is C.c1ccc(CNCc2ccccc2)cc1. The van der Waals surface area contributed by atoms with Crippen LogP contribution < -0.4 is 5.32 Å². The van der Waals surface area contributed by atoms with Crippen LogP contribution in [0.4, 0.5) is 0 Å². The minimum absolute atomic E-state index is 0. The summed E-state index contributed by atoms with van der Waals surface area (Å²) in [7, 11) is 0. The van der Waals surface area contributed by atoms with Crippen molar-refractivity contribution in [2.45, 2.75) is 20.5 Å². The van der Waals surface area contributed by atoms with Crippen molar-refractivity contribution < 1.29 is 0 Å². The maximum Gasteiger partial charge on any atom is 0.0208 e. The molecule has 1 nitrogen and oxygen atoms in total. The minimum Gasteiger partial charge on any atom is -0.309 e. The smallest absolute Gasteiger partial charge is 0.0208 e. The fraction of sp³-hybridized carbons (Fsp3) is 0.200. The molecule has 0 bridgehead atoms. The Morgan fingerprint density at radius 3 is 1.38 bits per heavy atom. The second-order valence-electron chi connectivity index (χ2n) is 3.57. The molecule has 0 amide bonds. The number of hydrogen-bond acceptors (Lipinski definition) is 1. The highest BCUT2D eigenvalue weighted by atomic mass is 14.8. The van der Waals surface area contributed by atoms with Gasteiger partial charge < -0.3 is 5.32 Å². The molecular formula is C15H19N. The average Bonchev–Trinajstić information content (AvgIpc) is 2.32. The van der Waals surface area contributed by atoms with E-state index in [4.69, 9.17) is 0 Å². The maximum atomic E-state index is 3.42. The quantitative estimate of drug-likeness (QED) is 0.818. The molecule has 2 rings (SSSR count). The molecule has 0 heterocycles. The molecule has 0 saturated heterocycles. The maximum absolute atomic E-state index is 3.42. The van der Waals surface area contributed by atoms with Gasteiger partial charge in [0.25, 0.3) is 0 Å². The molecule has 84 valence electrons. The van der Waals surface area contributed by atoms with Gasteiger partial charge in [-0.15, -0.1) is 0 Å². The summed E-state index contributed by atoms with van der Waals surface area (Å²) >= 11 is 0. The van der Waals surface area contributed by atoms with Crippen molar-refractivity contribution in [3.05, 3.63) is 71.8 Å². The number of benzene rings is 2. The Morgan fingerprint density at radius 2 is 1.00 bits per heavy atom. The van der Waals surface area contributed by atoms with E-state index in [9.17, 15) is 0 Å². The first-order valence-corrected chi connectivity index (χ1v) is 5.24.